The second-order valence-electron chi connectivity index (χ2n) is 39.4. The number of benzene rings is 8. The highest BCUT2D eigenvalue weighted by atomic mass is 16.6. The first-order valence-corrected chi connectivity index (χ1v) is 52.5. The first kappa shape index (κ1) is 108. The molecule has 14 rings (SSSR count). The molecule has 0 saturated carbocycles. The van der Waals surface area contributed by atoms with E-state index in [4.69, 9.17) is 28.4 Å². The number of nitrogens with one attached hydrogen (secondary N) is 6. The molecule has 6 aliphatic rings. The van der Waals surface area contributed by atoms with E-state index in [-0.39, 0.29) is 71.0 Å². The quantitative estimate of drug-likeness (QED) is 0.0205. The molecule has 8 aromatic carbocycles. The van der Waals surface area contributed by atoms with Gasteiger partial charge in [0, 0.05) is 36.3 Å². The zero-order valence-corrected chi connectivity index (χ0v) is 85.8. The Bertz CT molecular complexity index is 4390. The standard InChI is InChI=1S/2C21H27NO.C21H35NO.C20H33NO.2C18H29NO/c1-4-21(5-2)19(15-17-11-7-6-8-12-17)22-20(23-21)18-13-9-10-16(3)14-18;1-4-21(5-2)19(15-17-9-7-6-8-10-17)22-20(23-21)18-13-11-16(3)12-14-18;1-4-7-9-14-20-22-19(17-18-12-10-8-11-13-18)21(23-20,15-5-2)16-6-3;1-4-7-13-19-21-18(16-17-11-9-8-10-12-17)20(22-19,14-5-2)15-6-3;1-6-14(5)16-18(7-2,8-3)20-17(19-16)15-11-9-13(4)10-12-15;1-6-14(5)16-18(7-2,8-3)20-17(19-16)15-11-9-10-13(4)12-15/h2*6-14,19-20,22H,4-5,15H2,1-3H3;8,10-13,19-20,22H,4-7,9,14-17H2,1-3H3;8-12,18-19,21H,4-7,13-16H2,1-3H3;2*9-12,14,16-17,19H,6-8H2,1-5H3/t3*19-,20-;18-,19-;2*14?,16-,17-/m000000/s1. The van der Waals surface area contributed by atoms with E-state index in [1.54, 1.807) is 0 Å². The summed E-state index contributed by atoms with van der Waals surface area (Å²) in [5, 5.41) is 22.7. The number of rotatable bonds is 39. The fourth-order valence-electron chi connectivity index (χ4n) is 21.9. The van der Waals surface area contributed by atoms with Gasteiger partial charge in [-0.1, -0.05) is 423 Å². The van der Waals surface area contributed by atoms with Crippen molar-refractivity contribution in [3.63, 3.8) is 0 Å². The summed E-state index contributed by atoms with van der Waals surface area (Å²) in [7, 11) is 0. The van der Waals surface area contributed by atoms with Gasteiger partial charge in [-0.15, -0.1) is 0 Å². The molecule has 722 valence electrons. The van der Waals surface area contributed by atoms with Crippen LogP contribution in [-0.2, 0) is 54.1 Å². The minimum absolute atomic E-state index is 0.00999. The van der Waals surface area contributed by atoms with E-state index in [9.17, 15) is 0 Å². The lowest BCUT2D eigenvalue weighted by molar-refractivity contribution is -0.0634. The van der Waals surface area contributed by atoms with Crippen molar-refractivity contribution in [3.8, 4) is 0 Å². The van der Waals surface area contributed by atoms with Crippen LogP contribution in [0, 0.1) is 39.5 Å². The minimum Gasteiger partial charge on any atom is -0.355 e. The zero-order chi connectivity index (χ0) is 94.5. The van der Waals surface area contributed by atoms with E-state index < -0.39 is 0 Å². The second kappa shape index (κ2) is 54.3. The average molecular weight is 1790 g/mol. The molecule has 6 fully saturated rings. The first-order chi connectivity index (χ1) is 63.4. The lowest BCUT2D eigenvalue weighted by Gasteiger charge is -2.35. The van der Waals surface area contributed by atoms with E-state index in [2.05, 4.69) is 403 Å². The van der Waals surface area contributed by atoms with Crippen molar-refractivity contribution in [2.24, 2.45) is 11.8 Å². The van der Waals surface area contributed by atoms with E-state index in [1.807, 2.05) is 0 Å². The molecule has 6 heterocycles. The SMILES string of the molecule is CCC(C)[C@@H]1N[C@H](c2ccc(C)cc2)OC1(CC)CC.CCC(C)[C@@H]1N[C@H](c2cccc(C)c2)OC1(CC)CC.CCC1(CC)O[C@@H](c2ccc(C)cc2)N[C@H]1Cc1ccccc1.CCC1(CC)O[C@@H](c2cccc(C)c2)N[C@H]1Cc1ccccc1.CCCCC[C@H]1N[C@@H](Cc2ccccc2)C(CCC)(CCC)O1.CCCC[C@H]1N[C@@H](Cc2ccccc2)C(CCC)(CCC)O1. The number of hydrogen-bond acceptors (Lipinski definition) is 12. The van der Waals surface area contributed by atoms with Crippen LogP contribution < -0.4 is 31.9 Å². The Morgan fingerprint density at radius 3 is 0.824 bits per heavy atom. The molecule has 6 N–H and O–H groups in total. The summed E-state index contributed by atoms with van der Waals surface area (Å²) < 4.78 is 39.4. The monoisotopic (exact) mass is 1790 g/mol. The van der Waals surface area contributed by atoms with Crippen molar-refractivity contribution in [3.05, 3.63) is 285 Å². The molecule has 12 nitrogen and oxygen atoms in total. The minimum atomic E-state index is -0.0930. The molecular weight excluding hydrogens is 1610 g/mol. The van der Waals surface area contributed by atoms with Crippen LogP contribution in [0.15, 0.2) is 218 Å². The van der Waals surface area contributed by atoms with Crippen molar-refractivity contribution in [1.82, 2.24) is 31.9 Å². The van der Waals surface area contributed by atoms with Crippen LogP contribution in [0.3, 0.4) is 0 Å². The van der Waals surface area contributed by atoms with Crippen LogP contribution in [-0.4, -0.2) is 82.3 Å². The van der Waals surface area contributed by atoms with Crippen molar-refractivity contribution >= 4 is 0 Å². The van der Waals surface area contributed by atoms with Crippen LogP contribution in [0.4, 0.5) is 0 Å². The smallest absolute Gasteiger partial charge is 0.135 e. The van der Waals surface area contributed by atoms with Gasteiger partial charge in [0.2, 0.25) is 0 Å². The molecule has 0 radical (unpaired) electrons. The molecule has 6 saturated heterocycles. The van der Waals surface area contributed by atoms with Gasteiger partial charge in [-0.3, -0.25) is 31.9 Å². The maximum atomic E-state index is 6.65. The lowest BCUT2D eigenvalue weighted by Crippen LogP contribution is -2.46. The van der Waals surface area contributed by atoms with Crippen LogP contribution >= 0.6 is 0 Å². The van der Waals surface area contributed by atoms with E-state index in [0.717, 1.165) is 116 Å². The molecule has 0 aromatic heterocycles. The maximum Gasteiger partial charge on any atom is 0.135 e. The Morgan fingerprint density at radius 2 is 0.534 bits per heavy atom. The summed E-state index contributed by atoms with van der Waals surface area (Å²) in [6.45, 7) is 49.3. The fraction of sp³-hybridized carbons (Fsp3) is 0.597. The predicted octanol–water partition coefficient (Wildman–Crippen LogP) is 29.3. The molecule has 0 bridgehead atoms. The molecule has 0 aliphatic carbocycles. The van der Waals surface area contributed by atoms with Crippen LogP contribution in [0.1, 0.15) is 377 Å². The summed E-state index contributed by atoms with van der Waals surface area (Å²) in [5.41, 5.74) is 15.5. The summed E-state index contributed by atoms with van der Waals surface area (Å²) in [5.74, 6) is 1.26. The number of ether oxygens (including phenoxy) is 6. The molecule has 6 aliphatic heterocycles. The van der Waals surface area contributed by atoms with E-state index >= 15 is 0 Å². The molecule has 8 aromatic rings. The van der Waals surface area contributed by atoms with Crippen molar-refractivity contribution in [2.75, 3.05) is 0 Å². The topological polar surface area (TPSA) is 128 Å². The van der Waals surface area contributed by atoms with E-state index in [0.29, 0.717) is 48.1 Å². The number of hydrogen-bond donors (Lipinski definition) is 6. The second-order valence-corrected chi connectivity index (χ2v) is 39.4. The molecule has 0 amide bonds. The molecular formula is C119H180N6O6. The highest BCUT2D eigenvalue weighted by Crippen LogP contribution is 2.47. The fourth-order valence-corrected chi connectivity index (χ4v) is 21.9. The van der Waals surface area contributed by atoms with E-state index in [1.165, 1.54) is 137 Å². The molecule has 14 atom stereocenters. The Balaban J connectivity index is 0.000000177. The third-order valence-electron chi connectivity index (χ3n) is 30.4. The highest BCUT2D eigenvalue weighted by Gasteiger charge is 2.53. The van der Waals surface area contributed by atoms with Gasteiger partial charge in [0.15, 0.2) is 0 Å². The van der Waals surface area contributed by atoms with Gasteiger partial charge >= 0.3 is 0 Å². The zero-order valence-electron chi connectivity index (χ0n) is 85.8. The lowest BCUT2D eigenvalue weighted by atomic mass is 9.81. The average Bonchev–Trinajstić information content (AvgIpc) is 1.63. The Hall–Kier alpha value is -6.72. The van der Waals surface area contributed by atoms with Gasteiger partial charge in [-0.05, 0) is 212 Å². The van der Waals surface area contributed by atoms with Crippen LogP contribution in [0.5, 0.6) is 0 Å². The molecule has 0 spiro atoms. The van der Waals surface area contributed by atoms with Gasteiger partial charge < -0.3 is 28.4 Å². The third kappa shape index (κ3) is 29.4. The molecule has 2 unspecified atom stereocenters. The maximum absolute atomic E-state index is 6.65. The molecule has 131 heavy (non-hydrogen) atoms. The largest absolute Gasteiger partial charge is 0.355 e. The summed E-state index contributed by atoms with van der Waals surface area (Å²) in [6, 6.07) is 80.2. The Morgan fingerprint density at radius 1 is 0.252 bits per heavy atom. The van der Waals surface area contributed by atoms with Gasteiger partial charge in [0.25, 0.3) is 0 Å². The normalized spacial score (nSPS) is 24.3. The van der Waals surface area contributed by atoms with Crippen molar-refractivity contribution < 1.29 is 28.4 Å². The Labute approximate surface area is 798 Å². The Kier molecular flexibility index (Phi) is 44.7. The van der Waals surface area contributed by atoms with Crippen LogP contribution in [0.2, 0.25) is 0 Å². The van der Waals surface area contributed by atoms with Crippen molar-refractivity contribution in [1.29, 1.82) is 0 Å². The van der Waals surface area contributed by atoms with Crippen LogP contribution in [0.25, 0.3) is 0 Å². The highest BCUT2D eigenvalue weighted by molar-refractivity contribution is 5.31. The molecule has 12 heteroatoms. The summed E-state index contributed by atoms with van der Waals surface area (Å²) in [4.78, 5) is 0. The number of unbranched alkanes of at least 4 members (excludes halogenated alkanes) is 3. The van der Waals surface area contributed by atoms with Gasteiger partial charge in [0.05, 0.1) is 33.6 Å². The third-order valence-corrected chi connectivity index (χ3v) is 30.4. The van der Waals surface area contributed by atoms with Crippen molar-refractivity contribution in [2.45, 2.75) is 446 Å². The van der Waals surface area contributed by atoms with Gasteiger partial charge in [-0.2, -0.15) is 0 Å². The predicted molar refractivity (Wildman–Crippen MR) is 553 cm³/mol. The van der Waals surface area contributed by atoms with Gasteiger partial charge in [0.1, 0.15) is 37.4 Å². The summed E-state index contributed by atoms with van der Waals surface area (Å²) in [6.07, 6.45) is 33.4. The number of aryl methyl sites for hydroxylation is 4. The first-order valence-electron chi connectivity index (χ1n) is 52.5. The van der Waals surface area contributed by atoms with Gasteiger partial charge in [-0.25, -0.2) is 0 Å². The summed E-state index contributed by atoms with van der Waals surface area (Å²) >= 11 is 0.